The molecule has 2 aliphatic rings. The Kier molecular flexibility index (Phi) is 9.49. The van der Waals surface area contributed by atoms with Gasteiger partial charge in [0.2, 0.25) is 5.91 Å². The molecule has 3 N–H and O–H groups in total. The van der Waals surface area contributed by atoms with E-state index in [1.54, 1.807) is 18.2 Å². The number of halogens is 1. The average Bonchev–Trinajstić information content (AvgIpc) is 3.32. The molecule has 8 nitrogen and oxygen atoms in total. The number of likely N-dealkylation sites (tertiary alicyclic amines) is 1. The van der Waals surface area contributed by atoms with Crippen LogP contribution in [0.5, 0.6) is 11.5 Å². The van der Waals surface area contributed by atoms with Crippen molar-refractivity contribution in [3.63, 3.8) is 0 Å². The van der Waals surface area contributed by atoms with E-state index >= 15 is 0 Å². The van der Waals surface area contributed by atoms with Gasteiger partial charge in [-0.3, -0.25) is 14.5 Å². The van der Waals surface area contributed by atoms with Crippen molar-refractivity contribution in [1.82, 2.24) is 10.2 Å². The first-order valence-electron chi connectivity index (χ1n) is 12.9. The molecular weight excluding hydrogens is 479 g/mol. The zero-order chi connectivity index (χ0) is 26.2. The van der Waals surface area contributed by atoms with Gasteiger partial charge in [0.15, 0.2) is 17.3 Å². The van der Waals surface area contributed by atoms with E-state index in [9.17, 15) is 24.2 Å². The molecule has 1 unspecified atom stereocenters. The number of unbranched alkanes of at least 4 members (excludes halogenated alkanes) is 2. The highest BCUT2D eigenvalue weighted by atomic mass is 19.1. The minimum Gasteiger partial charge on any atom is -0.486 e. The Morgan fingerprint density at radius 2 is 1.76 bits per heavy atom. The summed E-state index contributed by atoms with van der Waals surface area (Å²) in [6.45, 7) is 2.52. The van der Waals surface area contributed by atoms with Gasteiger partial charge in [-0.25, -0.2) is 4.39 Å². The summed E-state index contributed by atoms with van der Waals surface area (Å²) in [6, 6.07) is 10.2. The number of carbonyl (C=O) groups excluding carboxylic acids is 2. The second-order valence-corrected chi connectivity index (χ2v) is 9.71. The van der Waals surface area contributed by atoms with Crippen molar-refractivity contribution in [2.75, 3.05) is 32.8 Å². The minimum atomic E-state index is -0.967. The topological polar surface area (TPSA) is 108 Å². The number of nitrogens with one attached hydrogen (secondary N) is 1. The number of fused-ring (bicyclic) bond motifs is 1. The summed E-state index contributed by atoms with van der Waals surface area (Å²) in [5, 5.41) is 24.1. The first-order chi connectivity index (χ1) is 17.9. The van der Waals surface area contributed by atoms with Crippen LogP contribution in [0.3, 0.4) is 0 Å². The lowest BCUT2D eigenvalue weighted by atomic mass is 10.00. The minimum absolute atomic E-state index is 0.0418. The molecule has 37 heavy (non-hydrogen) atoms. The molecule has 0 aliphatic carbocycles. The maximum atomic E-state index is 13.0. The lowest BCUT2D eigenvalue weighted by Crippen LogP contribution is -2.47. The van der Waals surface area contributed by atoms with Crippen molar-refractivity contribution in [1.29, 1.82) is 0 Å². The Labute approximate surface area is 216 Å². The molecule has 200 valence electrons. The van der Waals surface area contributed by atoms with Crippen molar-refractivity contribution in [2.24, 2.45) is 0 Å². The molecule has 2 aliphatic heterocycles. The number of nitrogens with zero attached hydrogens (tertiary/aromatic N) is 1. The van der Waals surface area contributed by atoms with E-state index in [1.807, 2.05) is 4.90 Å². The summed E-state index contributed by atoms with van der Waals surface area (Å²) in [5.74, 6) is 0.606. The molecule has 0 radical (unpaired) electrons. The average molecular weight is 515 g/mol. The second-order valence-electron chi connectivity index (χ2n) is 9.71. The number of benzene rings is 2. The van der Waals surface area contributed by atoms with Crippen LogP contribution in [0.25, 0.3) is 0 Å². The number of ether oxygens (including phenoxy) is 2. The molecule has 9 heteroatoms. The van der Waals surface area contributed by atoms with Crippen LogP contribution < -0.4 is 14.8 Å². The molecule has 0 aromatic heterocycles. The van der Waals surface area contributed by atoms with E-state index in [2.05, 4.69) is 5.32 Å². The second kappa shape index (κ2) is 13.0. The molecule has 0 spiro atoms. The molecule has 0 saturated carbocycles. The van der Waals surface area contributed by atoms with Crippen molar-refractivity contribution in [3.05, 3.63) is 59.4 Å². The summed E-state index contributed by atoms with van der Waals surface area (Å²) >= 11 is 0. The van der Waals surface area contributed by atoms with Crippen LogP contribution >= 0.6 is 0 Å². The molecule has 3 atom stereocenters. The summed E-state index contributed by atoms with van der Waals surface area (Å²) in [5.41, 5.74) is 1.11. The highest BCUT2D eigenvalue weighted by Gasteiger charge is 2.29. The predicted octanol–water partition coefficient (Wildman–Crippen LogP) is 3.02. The Morgan fingerprint density at radius 1 is 1.03 bits per heavy atom. The van der Waals surface area contributed by atoms with Crippen molar-refractivity contribution in [3.8, 4) is 11.5 Å². The Morgan fingerprint density at radius 3 is 2.49 bits per heavy atom. The van der Waals surface area contributed by atoms with Crippen molar-refractivity contribution in [2.45, 2.75) is 56.8 Å². The van der Waals surface area contributed by atoms with Gasteiger partial charge >= 0.3 is 0 Å². The number of ketones is 1. The number of rotatable bonds is 12. The van der Waals surface area contributed by atoms with Gasteiger partial charge in [-0.2, -0.15) is 0 Å². The summed E-state index contributed by atoms with van der Waals surface area (Å²) in [6.07, 6.45) is 1.86. The number of β-amino-alcohol motifs (C(OH)–C–C–N with tert-alkyl or cyclic N) is 1. The molecule has 1 saturated heterocycles. The number of hydrogen-bond acceptors (Lipinski definition) is 7. The number of aliphatic hydroxyl groups excluding tert-OH is 2. The zero-order valence-corrected chi connectivity index (χ0v) is 20.9. The largest absolute Gasteiger partial charge is 0.486 e. The molecule has 2 aromatic rings. The first-order valence-corrected chi connectivity index (χ1v) is 12.9. The lowest BCUT2D eigenvalue weighted by molar-refractivity contribution is -0.123. The van der Waals surface area contributed by atoms with E-state index in [4.69, 9.17) is 9.47 Å². The third kappa shape index (κ3) is 7.74. The highest BCUT2D eigenvalue weighted by Crippen LogP contribution is 2.33. The normalized spacial score (nSPS) is 18.8. The quantitative estimate of drug-likeness (QED) is 0.295. The van der Waals surface area contributed by atoms with Gasteiger partial charge in [-0.1, -0.05) is 12.5 Å². The first kappa shape index (κ1) is 27.0. The van der Waals surface area contributed by atoms with Gasteiger partial charge < -0.3 is 25.0 Å². The number of Topliss-reactive ketones (excluding diaryl/α,β-unsaturated/α-hetero) is 1. The maximum Gasteiger partial charge on any atom is 0.220 e. The molecular formula is C28H35FN2O6. The van der Waals surface area contributed by atoms with Gasteiger partial charge in [-0.05, 0) is 61.2 Å². The van der Waals surface area contributed by atoms with E-state index < -0.39 is 18.2 Å². The van der Waals surface area contributed by atoms with Crippen LogP contribution in [0, 0.1) is 5.82 Å². The summed E-state index contributed by atoms with van der Waals surface area (Å²) in [4.78, 5) is 27.0. The molecule has 1 amide bonds. The molecule has 2 aromatic carbocycles. The fourth-order valence-corrected chi connectivity index (χ4v) is 4.76. The van der Waals surface area contributed by atoms with Crippen LogP contribution in [0.1, 0.15) is 60.6 Å². The van der Waals surface area contributed by atoms with Gasteiger partial charge in [0.1, 0.15) is 25.1 Å². The number of aliphatic hydroxyl groups is 2. The van der Waals surface area contributed by atoms with E-state index in [0.29, 0.717) is 87.6 Å². The van der Waals surface area contributed by atoms with Gasteiger partial charge in [0, 0.05) is 38.0 Å². The van der Waals surface area contributed by atoms with Crippen LogP contribution in [-0.4, -0.2) is 71.8 Å². The summed E-state index contributed by atoms with van der Waals surface area (Å²) < 4.78 is 24.2. The number of amides is 1. The molecule has 0 bridgehead atoms. The van der Waals surface area contributed by atoms with Crippen LogP contribution in [0.2, 0.25) is 0 Å². The van der Waals surface area contributed by atoms with E-state index in [0.717, 1.165) is 0 Å². The lowest BCUT2D eigenvalue weighted by Gasteiger charge is -2.29. The van der Waals surface area contributed by atoms with Crippen molar-refractivity contribution >= 4 is 11.7 Å². The molecule has 2 heterocycles. The van der Waals surface area contributed by atoms with Crippen LogP contribution in [0.15, 0.2) is 42.5 Å². The number of carbonyl (C=O) groups is 2. The van der Waals surface area contributed by atoms with Gasteiger partial charge in [0.05, 0.1) is 12.1 Å². The monoisotopic (exact) mass is 514 g/mol. The Hall–Kier alpha value is -3.01. The Bertz CT molecular complexity index is 1060. The van der Waals surface area contributed by atoms with Crippen molar-refractivity contribution < 1.29 is 33.7 Å². The fraction of sp³-hybridized carbons (Fsp3) is 0.500. The van der Waals surface area contributed by atoms with Crippen LogP contribution in [-0.2, 0) is 4.79 Å². The molecule has 1 fully saturated rings. The zero-order valence-electron chi connectivity index (χ0n) is 20.9. The third-order valence-electron chi connectivity index (χ3n) is 6.81. The predicted molar refractivity (Wildman–Crippen MR) is 135 cm³/mol. The highest BCUT2D eigenvalue weighted by molar-refractivity contribution is 5.95. The SMILES string of the molecule is O=C(CCCCCC(=O)c1ccc(F)cc1)NC(CN1CC[C@H](O)C1)[C@H](O)c1ccc2c(c1)OCCO2. The van der Waals surface area contributed by atoms with Gasteiger partial charge in [-0.15, -0.1) is 0 Å². The Balaban J connectivity index is 1.28. The molecule has 4 rings (SSSR count). The number of hydrogen-bond donors (Lipinski definition) is 3. The third-order valence-corrected chi connectivity index (χ3v) is 6.81. The standard InChI is InChI=1S/C28H35FN2O6/c29-21-9-6-19(7-10-21)24(33)4-2-1-3-5-27(34)30-23(18-31-13-12-22(32)17-31)28(35)20-8-11-25-26(16-20)37-15-14-36-25/h6-11,16,22-23,28,32,35H,1-5,12-15,17-18H2,(H,30,34)/t22-,23?,28+/m0/s1. The van der Waals surface area contributed by atoms with E-state index in [1.165, 1.54) is 24.3 Å². The maximum absolute atomic E-state index is 13.0. The fourth-order valence-electron chi connectivity index (χ4n) is 4.76. The smallest absolute Gasteiger partial charge is 0.220 e. The summed E-state index contributed by atoms with van der Waals surface area (Å²) in [7, 11) is 0. The van der Waals surface area contributed by atoms with E-state index in [-0.39, 0.29) is 23.9 Å². The van der Waals surface area contributed by atoms with Crippen LogP contribution in [0.4, 0.5) is 4.39 Å². The van der Waals surface area contributed by atoms with Gasteiger partial charge in [0.25, 0.3) is 0 Å².